The van der Waals surface area contributed by atoms with Gasteiger partial charge in [0.1, 0.15) is 4.21 Å². The molecule has 0 bridgehead atoms. The second-order valence-corrected chi connectivity index (χ2v) is 8.99. The second-order valence-electron chi connectivity index (χ2n) is 6.03. The van der Waals surface area contributed by atoms with Crippen LogP contribution in [0.3, 0.4) is 0 Å². The largest absolute Gasteiger partial charge is 0.342 e. The fraction of sp³-hybridized carbons (Fsp3) is 0.643. The third-order valence-electron chi connectivity index (χ3n) is 2.77. The molecule has 0 fully saturated rings. The van der Waals surface area contributed by atoms with Crippen molar-refractivity contribution in [2.75, 3.05) is 13.1 Å². The number of hydrogen-bond acceptors (Lipinski definition) is 4. The monoisotopic (exact) mass is 332 g/mol. The molecule has 0 aliphatic rings. The summed E-state index contributed by atoms with van der Waals surface area (Å²) in [6, 6.07) is 3.11. The van der Waals surface area contributed by atoms with E-state index in [9.17, 15) is 13.2 Å². The molecule has 1 rings (SSSR count). The molecule has 0 atom stereocenters. The van der Waals surface area contributed by atoms with Gasteiger partial charge in [0.2, 0.25) is 15.9 Å². The van der Waals surface area contributed by atoms with Crippen LogP contribution in [-0.4, -0.2) is 32.3 Å². The highest BCUT2D eigenvalue weighted by Crippen LogP contribution is 2.21. The van der Waals surface area contributed by atoms with Crippen molar-refractivity contribution in [3.05, 3.63) is 17.0 Å². The first-order valence-electron chi connectivity index (χ1n) is 6.99. The summed E-state index contributed by atoms with van der Waals surface area (Å²) >= 11 is 1.06. The Morgan fingerprint density at radius 1 is 1.19 bits per heavy atom. The fourth-order valence-electron chi connectivity index (χ4n) is 2.03. The average Bonchev–Trinajstić information content (AvgIpc) is 2.74. The molecular formula is C14H24N2O3S2. The van der Waals surface area contributed by atoms with Gasteiger partial charge >= 0.3 is 0 Å². The van der Waals surface area contributed by atoms with Gasteiger partial charge in [-0.2, -0.15) is 0 Å². The van der Waals surface area contributed by atoms with Crippen LogP contribution in [0.15, 0.2) is 16.3 Å². The van der Waals surface area contributed by atoms with Gasteiger partial charge in [0, 0.05) is 18.0 Å². The maximum Gasteiger partial charge on any atom is 0.247 e. The summed E-state index contributed by atoms with van der Waals surface area (Å²) < 4.78 is 22.6. The number of rotatable bonds is 7. The topological polar surface area (TPSA) is 80.5 Å². The number of carbonyl (C=O) groups is 1. The quantitative estimate of drug-likeness (QED) is 0.830. The SMILES string of the molecule is CC(C)CN(CC(C)C)C(=O)Cc1ccc(S(N)(=O)=O)s1. The number of thiophene rings is 1. The highest BCUT2D eigenvalue weighted by molar-refractivity contribution is 7.91. The van der Waals surface area contributed by atoms with E-state index in [1.807, 2.05) is 4.90 Å². The normalized spacial score (nSPS) is 12.1. The summed E-state index contributed by atoms with van der Waals surface area (Å²) in [5.74, 6) is 0.826. The fourth-order valence-corrected chi connectivity index (χ4v) is 3.80. The zero-order valence-corrected chi connectivity index (χ0v) is 14.6. The lowest BCUT2D eigenvalue weighted by atomic mass is 10.1. The van der Waals surface area contributed by atoms with E-state index in [0.717, 1.165) is 16.2 Å². The Morgan fingerprint density at radius 2 is 1.71 bits per heavy atom. The Balaban J connectivity index is 2.79. The first-order valence-corrected chi connectivity index (χ1v) is 9.35. The number of sulfonamides is 1. The zero-order chi connectivity index (χ0) is 16.2. The number of nitrogens with zero attached hydrogens (tertiary/aromatic N) is 1. The van der Waals surface area contributed by atoms with E-state index in [4.69, 9.17) is 5.14 Å². The van der Waals surface area contributed by atoms with E-state index < -0.39 is 10.0 Å². The molecule has 0 saturated carbocycles. The molecule has 21 heavy (non-hydrogen) atoms. The van der Waals surface area contributed by atoms with Crippen LogP contribution in [0.25, 0.3) is 0 Å². The van der Waals surface area contributed by atoms with Crippen LogP contribution in [0.1, 0.15) is 32.6 Å². The Morgan fingerprint density at radius 3 is 2.10 bits per heavy atom. The lowest BCUT2D eigenvalue weighted by molar-refractivity contribution is -0.131. The van der Waals surface area contributed by atoms with Gasteiger partial charge in [0.25, 0.3) is 0 Å². The van der Waals surface area contributed by atoms with Crippen molar-refractivity contribution in [3.8, 4) is 0 Å². The first kappa shape index (κ1) is 18.1. The minimum absolute atomic E-state index is 0.0280. The van der Waals surface area contributed by atoms with E-state index in [1.54, 1.807) is 6.07 Å². The zero-order valence-electron chi connectivity index (χ0n) is 13.0. The van der Waals surface area contributed by atoms with E-state index in [2.05, 4.69) is 27.7 Å². The van der Waals surface area contributed by atoms with E-state index in [1.165, 1.54) is 6.07 Å². The van der Waals surface area contributed by atoms with Gasteiger partial charge in [-0.05, 0) is 24.0 Å². The van der Waals surface area contributed by atoms with E-state index in [-0.39, 0.29) is 16.5 Å². The van der Waals surface area contributed by atoms with Crippen molar-refractivity contribution in [1.82, 2.24) is 4.90 Å². The average molecular weight is 332 g/mol. The first-order chi connectivity index (χ1) is 9.59. The molecule has 1 heterocycles. The van der Waals surface area contributed by atoms with Crippen LogP contribution in [0.2, 0.25) is 0 Å². The Kier molecular flexibility index (Phi) is 6.37. The smallest absolute Gasteiger partial charge is 0.247 e. The minimum Gasteiger partial charge on any atom is -0.342 e. The molecule has 5 nitrogen and oxygen atoms in total. The molecule has 120 valence electrons. The highest BCUT2D eigenvalue weighted by atomic mass is 32.2. The van der Waals surface area contributed by atoms with Gasteiger partial charge in [-0.3, -0.25) is 4.79 Å². The summed E-state index contributed by atoms with van der Waals surface area (Å²) in [7, 11) is -3.68. The van der Waals surface area contributed by atoms with E-state index in [0.29, 0.717) is 24.9 Å². The number of hydrogen-bond donors (Lipinski definition) is 1. The molecule has 2 N–H and O–H groups in total. The summed E-state index contributed by atoms with van der Waals surface area (Å²) in [5.41, 5.74) is 0. The lowest BCUT2D eigenvalue weighted by Crippen LogP contribution is -2.37. The third-order valence-corrected chi connectivity index (χ3v) is 5.29. The Hall–Kier alpha value is -0.920. The number of carbonyl (C=O) groups excluding carboxylic acids is 1. The van der Waals surface area contributed by atoms with Crippen LogP contribution in [0.5, 0.6) is 0 Å². The molecule has 0 unspecified atom stereocenters. The van der Waals surface area contributed by atoms with Crippen molar-refractivity contribution in [1.29, 1.82) is 0 Å². The summed E-state index contributed by atoms with van der Waals surface area (Å²) in [4.78, 5) is 15.0. The van der Waals surface area contributed by atoms with Crippen LogP contribution in [0.4, 0.5) is 0 Å². The van der Waals surface area contributed by atoms with Crippen molar-refractivity contribution in [3.63, 3.8) is 0 Å². The van der Waals surface area contributed by atoms with Gasteiger partial charge in [-0.15, -0.1) is 11.3 Å². The maximum absolute atomic E-state index is 12.4. The predicted molar refractivity (Wildman–Crippen MR) is 85.7 cm³/mol. The van der Waals surface area contributed by atoms with Gasteiger partial charge < -0.3 is 4.90 Å². The molecule has 1 amide bonds. The molecule has 7 heteroatoms. The maximum atomic E-state index is 12.4. The molecular weight excluding hydrogens is 308 g/mol. The molecule has 0 aromatic carbocycles. The van der Waals surface area contributed by atoms with Crippen molar-refractivity contribution >= 4 is 27.3 Å². The summed E-state index contributed by atoms with van der Waals surface area (Å²) in [5, 5.41) is 5.08. The molecule has 1 aromatic heterocycles. The van der Waals surface area contributed by atoms with Gasteiger partial charge in [-0.1, -0.05) is 27.7 Å². The van der Waals surface area contributed by atoms with Crippen molar-refractivity contribution in [2.45, 2.75) is 38.3 Å². The molecule has 0 saturated heterocycles. The Labute approximate surface area is 131 Å². The summed E-state index contributed by atoms with van der Waals surface area (Å²) in [6.07, 6.45) is 0.222. The van der Waals surface area contributed by atoms with Crippen molar-refractivity contribution < 1.29 is 13.2 Å². The number of nitrogens with two attached hydrogens (primary N) is 1. The minimum atomic E-state index is -3.68. The molecule has 0 aliphatic carbocycles. The van der Waals surface area contributed by atoms with Crippen LogP contribution < -0.4 is 5.14 Å². The predicted octanol–water partition coefficient (Wildman–Crippen LogP) is 2.08. The molecule has 0 spiro atoms. The van der Waals surface area contributed by atoms with Crippen molar-refractivity contribution in [2.24, 2.45) is 17.0 Å². The Bertz CT molecular complexity index is 567. The molecule has 1 aromatic rings. The molecule has 0 radical (unpaired) electrons. The standard InChI is InChI=1S/C14H24N2O3S2/c1-10(2)8-16(9-11(3)4)13(17)7-12-5-6-14(20-12)21(15,18)19/h5-6,10-11H,7-9H2,1-4H3,(H2,15,18,19). The number of amides is 1. The van der Waals surface area contributed by atoms with Gasteiger partial charge in [-0.25, -0.2) is 13.6 Å². The summed E-state index contributed by atoms with van der Waals surface area (Å²) in [6.45, 7) is 9.72. The van der Waals surface area contributed by atoms with Crippen LogP contribution in [-0.2, 0) is 21.2 Å². The van der Waals surface area contributed by atoms with Gasteiger partial charge in [0.05, 0.1) is 6.42 Å². The highest BCUT2D eigenvalue weighted by Gasteiger charge is 2.19. The number of primary sulfonamides is 1. The lowest BCUT2D eigenvalue weighted by Gasteiger charge is -2.26. The molecule has 0 aliphatic heterocycles. The van der Waals surface area contributed by atoms with Crippen LogP contribution in [0, 0.1) is 11.8 Å². The van der Waals surface area contributed by atoms with Crippen LogP contribution >= 0.6 is 11.3 Å². The van der Waals surface area contributed by atoms with E-state index >= 15 is 0 Å². The van der Waals surface area contributed by atoms with Gasteiger partial charge in [0.15, 0.2) is 0 Å². The third kappa shape index (κ3) is 6.15. The second kappa shape index (κ2) is 7.38.